The van der Waals surface area contributed by atoms with Crippen molar-refractivity contribution in [3.8, 4) is 6.07 Å². The monoisotopic (exact) mass is 547 g/mol. The van der Waals surface area contributed by atoms with Gasteiger partial charge in [0.2, 0.25) is 0 Å². The Morgan fingerprint density at radius 3 is 2.42 bits per heavy atom. The van der Waals surface area contributed by atoms with Crippen molar-refractivity contribution in [3.05, 3.63) is 67.8 Å². The topological polar surface area (TPSA) is 72.6 Å². The Morgan fingerprint density at radius 2 is 1.76 bits per heavy atom. The fourth-order valence-electron chi connectivity index (χ4n) is 5.82. The maximum absolute atomic E-state index is 13.5. The van der Waals surface area contributed by atoms with Crippen LogP contribution in [0.5, 0.6) is 0 Å². The van der Waals surface area contributed by atoms with E-state index < -0.39 is 0 Å². The lowest BCUT2D eigenvalue weighted by molar-refractivity contribution is -0.124. The fourth-order valence-corrected chi connectivity index (χ4v) is 7.20. The SMILES string of the molecule is Cc1c(/C=C2\SC(=S)N(C3CCCCC3)C2=O)c(N2CCN(Cc3ccccc3)CC2)n(C)c(=O)c1C#N. The lowest BCUT2D eigenvalue weighted by Crippen LogP contribution is -2.48. The van der Waals surface area contributed by atoms with Crippen LogP contribution in [-0.4, -0.2) is 56.8 Å². The molecule has 0 spiro atoms. The molecule has 1 amide bonds. The van der Waals surface area contributed by atoms with Crippen molar-refractivity contribution >= 4 is 46.1 Å². The first-order valence-corrected chi connectivity index (χ1v) is 14.5. The number of carbonyl (C=O) groups excluding carboxylic acids is 1. The Labute approximate surface area is 233 Å². The lowest BCUT2D eigenvalue weighted by atomic mass is 9.94. The molecule has 1 aromatic carbocycles. The van der Waals surface area contributed by atoms with E-state index in [1.165, 1.54) is 23.7 Å². The van der Waals surface area contributed by atoms with Crippen molar-refractivity contribution in [2.45, 2.75) is 51.6 Å². The van der Waals surface area contributed by atoms with Gasteiger partial charge >= 0.3 is 0 Å². The smallest absolute Gasteiger partial charge is 0.270 e. The summed E-state index contributed by atoms with van der Waals surface area (Å²) in [5.74, 6) is 0.700. The van der Waals surface area contributed by atoms with Crippen LogP contribution in [0, 0.1) is 18.3 Å². The number of thioether (sulfide) groups is 1. The molecule has 3 heterocycles. The number of nitrogens with zero attached hydrogens (tertiary/aromatic N) is 5. The van der Waals surface area contributed by atoms with Gasteiger partial charge < -0.3 is 4.90 Å². The molecule has 7 nitrogen and oxygen atoms in total. The van der Waals surface area contributed by atoms with Crippen LogP contribution in [0.25, 0.3) is 6.08 Å². The predicted octanol–water partition coefficient (Wildman–Crippen LogP) is 4.42. The second-order valence-electron chi connectivity index (χ2n) is 10.3. The van der Waals surface area contributed by atoms with Crippen LogP contribution in [0.3, 0.4) is 0 Å². The minimum atomic E-state index is -0.307. The standard InChI is InChI=1S/C29H33N5O2S2/c1-20-23(17-25-28(36)34(29(37)38-25)22-11-7-4-8-12-22)26(31(2)27(35)24(20)18-30)33-15-13-32(14-16-33)19-21-9-5-3-6-10-21/h3,5-6,9-10,17,22H,4,7-8,11-16,19H2,1-2H3/b25-17-. The number of hydrogen-bond donors (Lipinski definition) is 0. The molecule has 2 aliphatic heterocycles. The van der Waals surface area contributed by atoms with Crippen molar-refractivity contribution in [2.75, 3.05) is 31.1 Å². The normalized spacial score (nSPS) is 20.4. The maximum Gasteiger partial charge on any atom is 0.270 e. The summed E-state index contributed by atoms with van der Waals surface area (Å²) in [7, 11) is 1.72. The summed E-state index contributed by atoms with van der Waals surface area (Å²) in [6.45, 7) is 5.89. The molecule has 3 aliphatic rings. The number of hydrogen-bond acceptors (Lipinski definition) is 7. The number of nitriles is 1. The molecule has 9 heteroatoms. The summed E-state index contributed by atoms with van der Waals surface area (Å²) >= 11 is 6.98. The number of aromatic nitrogens is 1. The molecule has 0 unspecified atom stereocenters. The molecule has 0 N–H and O–H groups in total. The van der Waals surface area contributed by atoms with E-state index in [4.69, 9.17) is 12.2 Å². The van der Waals surface area contributed by atoms with Gasteiger partial charge in [-0.15, -0.1) is 0 Å². The van der Waals surface area contributed by atoms with E-state index in [9.17, 15) is 14.9 Å². The highest BCUT2D eigenvalue weighted by molar-refractivity contribution is 8.26. The number of pyridine rings is 1. The van der Waals surface area contributed by atoms with Gasteiger partial charge in [0.25, 0.3) is 11.5 Å². The van der Waals surface area contributed by atoms with Gasteiger partial charge in [-0.05, 0) is 37.0 Å². The summed E-state index contributed by atoms with van der Waals surface area (Å²) in [5, 5.41) is 9.79. The third-order valence-corrected chi connectivity index (χ3v) is 9.26. The minimum Gasteiger partial charge on any atom is -0.355 e. The van der Waals surface area contributed by atoms with Gasteiger partial charge in [-0.25, -0.2) is 0 Å². The molecule has 1 saturated carbocycles. The van der Waals surface area contributed by atoms with E-state index >= 15 is 0 Å². The van der Waals surface area contributed by atoms with Crippen LogP contribution in [-0.2, 0) is 18.4 Å². The number of anilines is 1. The van der Waals surface area contributed by atoms with Crippen molar-refractivity contribution in [3.63, 3.8) is 0 Å². The first-order chi connectivity index (χ1) is 18.4. The maximum atomic E-state index is 13.5. The van der Waals surface area contributed by atoms with E-state index in [1.54, 1.807) is 16.5 Å². The second kappa shape index (κ2) is 11.4. The van der Waals surface area contributed by atoms with E-state index in [1.807, 2.05) is 19.1 Å². The summed E-state index contributed by atoms with van der Waals surface area (Å²) in [6.07, 6.45) is 7.27. The van der Waals surface area contributed by atoms with Gasteiger partial charge in [-0.3, -0.25) is 24.0 Å². The average molecular weight is 548 g/mol. The summed E-state index contributed by atoms with van der Waals surface area (Å²) in [6, 6.07) is 12.7. The van der Waals surface area contributed by atoms with Gasteiger partial charge in [0.15, 0.2) is 0 Å². The third-order valence-electron chi connectivity index (χ3n) is 7.93. The van der Waals surface area contributed by atoms with E-state index in [-0.39, 0.29) is 23.1 Å². The Balaban J connectivity index is 1.46. The Hall–Kier alpha value is -2.93. The number of amides is 1. The number of piperazine rings is 1. The molecule has 3 fully saturated rings. The zero-order chi connectivity index (χ0) is 26.8. The highest BCUT2D eigenvalue weighted by Gasteiger charge is 2.38. The molecule has 38 heavy (non-hydrogen) atoms. The van der Waals surface area contributed by atoms with E-state index in [2.05, 4.69) is 40.1 Å². The molecule has 1 aromatic heterocycles. The second-order valence-corrected chi connectivity index (χ2v) is 12.0. The van der Waals surface area contributed by atoms with Crippen LogP contribution in [0.1, 0.15) is 54.4 Å². The lowest BCUT2D eigenvalue weighted by Gasteiger charge is -2.37. The van der Waals surface area contributed by atoms with Crippen molar-refractivity contribution < 1.29 is 4.79 Å². The Morgan fingerprint density at radius 1 is 1.08 bits per heavy atom. The molecular weight excluding hydrogens is 514 g/mol. The van der Waals surface area contributed by atoms with Crippen LogP contribution in [0.15, 0.2) is 40.0 Å². The molecule has 2 aromatic rings. The van der Waals surface area contributed by atoms with Gasteiger partial charge in [0.1, 0.15) is 21.8 Å². The Kier molecular flexibility index (Phi) is 8.03. The van der Waals surface area contributed by atoms with Crippen molar-refractivity contribution in [1.29, 1.82) is 5.26 Å². The molecule has 198 valence electrons. The minimum absolute atomic E-state index is 0.0581. The number of benzene rings is 1. The highest BCUT2D eigenvalue weighted by atomic mass is 32.2. The zero-order valence-electron chi connectivity index (χ0n) is 22.0. The number of carbonyl (C=O) groups is 1. The first kappa shape index (κ1) is 26.7. The van der Waals surface area contributed by atoms with Crippen molar-refractivity contribution in [1.82, 2.24) is 14.4 Å². The van der Waals surface area contributed by atoms with Crippen molar-refractivity contribution in [2.24, 2.45) is 7.05 Å². The van der Waals surface area contributed by atoms with Crippen LogP contribution >= 0.6 is 24.0 Å². The highest BCUT2D eigenvalue weighted by Crippen LogP contribution is 2.39. The Bertz CT molecular complexity index is 1360. The third kappa shape index (κ3) is 5.18. The predicted molar refractivity (Wildman–Crippen MR) is 157 cm³/mol. The zero-order valence-corrected chi connectivity index (χ0v) is 23.6. The molecule has 0 bridgehead atoms. The number of thiocarbonyl (C=S) groups is 1. The molecule has 5 rings (SSSR count). The quantitative estimate of drug-likeness (QED) is 0.405. The van der Waals surface area contributed by atoms with Gasteiger partial charge in [0, 0.05) is 51.4 Å². The number of rotatable bonds is 5. The molecule has 2 saturated heterocycles. The van der Waals surface area contributed by atoms with E-state index in [0.29, 0.717) is 14.8 Å². The van der Waals surface area contributed by atoms with Gasteiger partial charge in [-0.1, -0.05) is 73.6 Å². The fraction of sp³-hybridized carbons (Fsp3) is 0.448. The van der Waals surface area contributed by atoms with E-state index in [0.717, 1.165) is 69.8 Å². The molecule has 0 atom stereocenters. The van der Waals surface area contributed by atoms with Gasteiger partial charge in [0.05, 0.1) is 4.91 Å². The molecule has 0 radical (unpaired) electrons. The van der Waals surface area contributed by atoms with Crippen LogP contribution in [0.4, 0.5) is 5.82 Å². The summed E-state index contributed by atoms with van der Waals surface area (Å²) in [4.78, 5) is 33.7. The summed E-state index contributed by atoms with van der Waals surface area (Å²) < 4.78 is 2.18. The first-order valence-electron chi connectivity index (χ1n) is 13.3. The average Bonchev–Trinajstić information content (AvgIpc) is 3.21. The largest absolute Gasteiger partial charge is 0.355 e. The van der Waals surface area contributed by atoms with Crippen LogP contribution in [0.2, 0.25) is 0 Å². The molecule has 1 aliphatic carbocycles. The molecular formula is C29H33N5O2S2. The van der Waals surface area contributed by atoms with Crippen LogP contribution < -0.4 is 10.5 Å². The summed E-state index contributed by atoms with van der Waals surface area (Å²) in [5.41, 5.74) is 2.46. The van der Waals surface area contributed by atoms with Gasteiger partial charge in [-0.2, -0.15) is 5.26 Å².